The minimum atomic E-state index is -3.58. The van der Waals surface area contributed by atoms with Crippen LogP contribution in [0.5, 0.6) is 0 Å². The molecular weight excluding hydrogens is 426 g/mol. The number of fused-ring (bicyclic) bond motifs is 1. The number of aromatic nitrogens is 1. The quantitative estimate of drug-likeness (QED) is 0.596. The van der Waals surface area contributed by atoms with Crippen LogP contribution in [0, 0.1) is 0 Å². The van der Waals surface area contributed by atoms with Gasteiger partial charge in [-0.3, -0.25) is 4.79 Å². The van der Waals surface area contributed by atoms with Crippen LogP contribution in [0.1, 0.15) is 54.3 Å². The van der Waals surface area contributed by atoms with Gasteiger partial charge in [-0.2, -0.15) is 4.31 Å². The third-order valence-electron chi connectivity index (χ3n) is 6.40. The number of rotatable bonds is 4. The number of likely N-dealkylation sites (tertiary alicyclic amines) is 1. The van der Waals surface area contributed by atoms with Crippen molar-refractivity contribution < 1.29 is 17.6 Å². The van der Waals surface area contributed by atoms with Crippen molar-refractivity contribution in [2.45, 2.75) is 42.9 Å². The summed E-state index contributed by atoms with van der Waals surface area (Å²) in [5, 5.41) is 0. The van der Waals surface area contributed by atoms with Crippen molar-refractivity contribution in [2.75, 3.05) is 26.2 Å². The molecule has 2 saturated heterocycles. The molecule has 0 aliphatic carbocycles. The highest BCUT2D eigenvalue weighted by Gasteiger charge is 2.30. The van der Waals surface area contributed by atoms with Crippen molar-refractivity contribution in [1.82, 2.24) is 14.2 Å². The van der Waals surface area contributed by atoms with Crippen molar-refractivity contribution >= 4 is 27.0 Å². The number of hydrogen-bond acceptors (Lipinski definition) is 5. The summed E-state index contributed by atoms with van der Waals surface area (Å²) in [5.74, 6) is 0.534. The molecule has 8 heteroatoms. The number of para-hydroxylation sites is 2. The Kier molecular flexibility index (Phi) is 5.73. The summed E-state index contributed by atoms with van der Waals surface area (Å²) < 4.78 is 33.6. The van der Waals surface area contributed by atoms with Gasteiger partial charge in [0.05, 0.1) is 10.8 Å². The predicted octanol–water partition coefficient (Wildman–Crippen LogP) is 4.02. The average Bonchev–Trinajstić information content (AvgIpc) is 3.29. The Morgan fingerprint density at radius 2 is 1.78 bits per heavy atom. The van der Waals surface area contributed by atoms with Crippen LogP contribution >= 0.6 is 0 Å². The van der Waals surface area contributed by atoms with Crippen LogP contribution in [0.4, 0.5) is 0 Å². The summed E-state index contributed by atoms with van der Waals surface area (Å²) in [6, 6.07) is 14.1. The van der Waals surface area contributed by atoms with E-state index >= 15 is 0 Å². The fourth-order valence-electron chi connectivity index (χ4n) is 4.65. The van der Waals surface area contributed by atoms with Crippen LogP contribution in [0.15, 0.2) is 57.8 Å². The lowest BCUT2D eigenvalue weighted by Crippen LogP contribution is -2.39. The van der Waals surface area contributed by atoms with E-state index in [4.69, 9.17) is 4.42 Å². The van der Waals surface area contributed by atoms with E-state index < -0.39 is 10.0 Å². The molecule has 168 valence electrons. The molecule has 0 bridgehead atoms. The number of amides is 1. The Morgan fingerprint density at radius 3 is 2.59 bits per heavy atom. The van der Waals surface area contributed by atoms with Crippen LogP contribution in [0.25, 0.3) is 11.1 Å². The van der Waals surface area contributed by atoms with Gasteiger partial charge in [-0.1, -0.05) is 24.6 Å². The minimum absolute atomic E-state index is 0.0281. The normalized spacial score (nSPS) is 20.5. The lowest BCUT2D eigenvalue weighted by Gasteiger charge is -2.31. The zero-order valence-corrected chi connectivity index (χ0v) is 18.8. The summed E-state index contributed by atoms with van der Waals surface area (Å²) >= 11 is 0. The number of piperidine rings is 2. The molecule has 7 nitrogen and oxygen atoms in total. The number of carbonyl (C=O) groups is 1. The van der Waals surface area contributed by atoms with Gasteiger partial charge in [0, 0.05) is 31.7 Å². The second-order valence-electron chi connectivity index (χ2n) is 8.60. The van der Waals surface area contributed by atoms with Crippen molar-refractivity contribution in [3.63, 3.8) is 0 Å². The summed E-state index contributed by atoms with van der Waals surface area (Å²) in [6.45, 7) is 2.23. The van der Waals surface area contributed by atoms with Crippen LogP contribution in [0.3, 0.4) is 0 Å². The van der Waals surface area contributed by atoms with Crippen LogP contribution in [-0.4, -0.2) is 54.7 Å². The standard InChI is InChI=1S/C24H27N3O4S/c28-24(18-8-6-10-20(16-18)32(29,30)27-14-4-1-5-15-27)26-13-7-9-19(17-26)23-25-21-11-2-3-12-22(21)31-23/h2-3,6,8,10-12,16,19H,1,4-5,7,9,13-15,17H2. The molecule has 0 saturated carbocycles. The Bertz CT molecular complexity index is 1200. The van der Waals surface area contributed by atoms with E-state index in [1.165, 1.54) is 10.4 Å². The molecule has 0 spiro atoms. The van der Waals surface area contributed by atoms with E-state index in [0.717, 1.165) is 43.2 Å². The molecule has 32 heavy (non-hydrogen) atoms. The van der Waals surface area contributed by atoms with Crippen molar-refractivity contribution in [1.29, 1.82) is 0 Å². The van der Waals surface area contributed by atoms with Gasteiger partial charge in [0.1, 0.15) is 5.52 Å². The number of nitrogens with zero attached hydrogens (tertiary/aromatic N) is 3. The maximum Gasteiger partial charge on any atom is 0.253 e. The van der Waals surface area contributed by atoms with Crippen molar-refractivity contribution in [3.05, 3.63) is 60.0 Å². The van der Waals surface area contributed by atoms with E-state index in [1.54, 1.807) is 23.1 Å². The molecule has 1 unspecified atom stereocenters. The molecule has 2 aliphatic heterocycles. The van der Waals surface area contributed by atoms with Gasteiger partial charge in [-0.05, 0) is 56.0 Å². The Morgan fingerprint density at radius 1 is 0.969 bits per heavy atom. The highest BCUT2D eigenvalue weighted by molar-refractivity contribution is 7.89. The monoisotopic (exact) mass is 453 g/mol. The molecular formula is C24H27N3O4S. The summed E-state index contributed by atoms with van der Waals surface area (Å²) in [4.78, 5) is 19.9. The van der Waals surface area contributed by atoms with Gasteiger partial charge < -0.3 is 9.32 Å². The maximum absolute atomic E-state index is 13.3. The second-order valence-corrected chi connectivity index (χ2v) is 10.5. The largest absolute Gasteiger partial charge is 0.440 e. The molecule has 2 aromatic carbocycles. The number of benzene rings is 2. The third kappa shape index (κ3) is 4.04. The van der Waals surface area contributed by atoms with Crippen molar-refractivity contribution in [3.8, 4) is 0 Å². The molecule has 0 N–H and O–H groups in total. The first-order chi connectivity index (χ1) is 15.5. The third-order valence-corrected chi connectivity index (χ3v) is 8.30. The molecule has 2 fully saturated rings. The SMILES string of the molecule is O=C(c1cccc(S(=O)(=O)N2CCCCC2)c1)N1CCCC(c2nc3ccccc3o2)C1. The first-order valence-electron chi connectivity index (χ1n) is 11.3. The first kappa shape index (κ1) is 21.2. The molecule has 3 heterocycles. The fourth-order valence-corrected chi connectivity index (χ4v) is 6.22. The molecule has 2 aliphatic rings. The molecule has 1 amide bonds. The number of hydrogen-bond donors (Lipinski definition) is 0. The van der Waals surface area contributed by atoms with Crippen molar-refractivity contribution in [2.24, 2.45) is 0 Å². The average molecular weight is 454 g/mol. The molecule has 1 aromatic heterocycles. The van der Waals surface area contributed by atoms with Gasteiger partial charge in [-0.15, -0.1) is 0 Å². The Balaban J connectivity index is 1.35. The summed E-state index contributed by atoms with van der Waals surface area (Å²) in [5.41, 5.74) is 1.98. The van der Waals surface area contributed by atoms with Gasteiger partial charge in [0.2, 0.25) is 10.0 Å². The van der Waals surface area contributed by atoms with E-state index in [2.05, 4.69) is 4.98 Å². The smallest absolute Gasteiger partial charge is 0.253 e. The van der Waals surface area contributed by atoms with Crippen LogP contribution in [0.2, 0.25) is 0 Å². The second kappa shape index (κ2) is 8.67. The molecule has 0 radical (unpaired) electrons. The number of sulfonamides is 1. The first-order valence-corrected chi connectivity index (χ1v) is 12.7. The zero-order valence-electron chi connectivity index (χ0n) is 17.9. The lowest BCUT2D eigenvalue weighted by molar-refractivity contribution is 0.0698. The summed E-state index contributed by atoms with van der Waals surface area (Å²) in [6.07, 6.45) is 4.56. The topological polar surface area (TPSA) is 83.7 Å². The van der Waals surface area contributed by atoms with E-state index in [9.17, 15) is 13.2 Å². The number of oxazole rings is 1. The van der Waals surface area contributed by atoms with E-state index in [1.807, 2.05) is 24.3 Å². The highest BCUT2D eigenvalue weighted by atomic mass is 32.2. The molecule has 5 rings (SSSR count). The molecule has 3 aromatic rings. The predicted molar refractivity (Wildman–Crippen MR) is 121 cm³/mol. The van der Waals surface area contributed by atoms with E-state index in [-0.39, 0.29) is 16.7 Å². The zero-order chi connectivity index (χ0) is 22.1. The van der Waals surface area contributed by atoms with E-state index in [0.29, 0.717) is 37.6 Å². The number of carbonyl (C=O) groups excluding carboxylic acids is 1. The maximum atomic E-state index is 13.3. The van der Waals surface area contributed by atoms with Gasteiger partial charge in [0.25, 0.3) is 5.91 Å². The van der Waals surface area contributed by atoms with Gasteiger partial charge in [0.15, 0.2) is 11.5 Å². The van der Waals surface area contributed by atoms with Gasteiger partial charge in [-0.25, -0.2) is 13.4 Å². The van der Waals surface area contributed by atoms with Crippen LogP contribution < -0.4 is 0 Å². The van der Waals surface area contributed by atoms with Crippen LogP contribution in [-0.2, 0) is 10.0 Å². The minimum Gasteiger partial charge on any atom is -0.440 e. The Labute approximate surface area is 188 Å². The lowest BCUT2D eigenvalue weighted by atomic mass is 9.97. The summed E-state index contributed by atoms with van der Waals surface area (Å²) in [7, 11) is -3.58. The van der Waals surface area contributed by atoms with Gasteiger partial charge >= 0.3 is 0 Å². The highest BCUT2D eigenvalue weighted by Crippen LogP contribution is 2.30. The Hall–Kier alpha value is -2.71. The fraction of sp³-hybridized carbons (Fsp3) is 0.417. The molecule has 1 atom stereocenters.